The lowest BCUT2D eigenvalue weighted by atomic mass is 9.98. The Hall–Kier alpha value is -1.54. The van der Waals surface area contributed by atoms with Gasteiger partial charge in [-0.15, -0.1) is 0 Å². The van der Waals surface area contributed by atoms with Crippen LogP contribution in [-0.2, 0) is 0 Å². The number of thioether (sulfide) groups is 1. The number of hydrogen-bond donors (Lipinski definition) is 1. The number of nitrogens with one attached hydrogen (secondary N) is 1. The van der Waals surface area contributed by atoms with E-state index >= 15 is 0 Å². The molecule has 2 unspecified atom stereocenters. The maximum absolute atomic E-state index is 4.75. The summed E-state index contributed by atoms with van der Waals surface area (Å²) >= 11 is 1.95. The summed E-state index contributed by atoms with van der Waals surface area (Å²) in [6, 6.07) is 0.793. The average molecular weight is 416 g/mol. The zero-order valence-corrected chi connectivity index (χ0v) is 18.1. The summed E-state index contributed by atoms with van der Waals surface area (Å²) in [4.78, 5) is 16.4. The minimum atomic E-state index is 0.379. The first-order chi connectivity index (χ1) is 14.4. The highest BCUT2D eigenvalue weighted by molar-refractivity contribution is 8.14. The molecule has 0 aliphatic carbocycles. The first kappa shape index (κ1) is 19.4. The van der Waals surface area contributed by atoms with Gasteiger partial charge in [-0.25, -0.2) is 4.98 Å². The van der Waals surface area contributed by atoms with Gasteiger partial charge >= 0.3 is 0 Å². The molecule has 7 nitrogen and oxygen atoms in total. The second-order valence-electron chi connectivity index (χ2n) is 8.79. The normalized spacial score (nSPS) is 29.6. The predicted molar refractivity (Wildman–Crippen MR) is 119 cm³/mol. The molecule has 0 spiro atoms. The summed E-state index contributed by atoms with van der Waals surface area (Å²) in [6.45, 7) is 7.03. The van der Waals surface area contributed by atoms with E-state index in [9.17, 15) is 0 Å². The zero-order chi connectivity index (χ0) is 19.5. The van der Waals surface area contributed by atoms with Crippen LogP contribution < -0.4 is 10.3 Å². The lowest BCUT2D eigenvalue weighted by Gasteiger charge is -2.40. The molecule has 3 fully saturated rings. The van der Waals surface area contributed by atoms with Crippen LogP contribution in [-0.4, -0.2) is 75.6 Å². The minimum absolute atomic E-state index is 0.379. The second kappa shape index (κ2) is 9.08. The number of nitrogens with zero attached hydrogens (tertiary/aromatic N) is 6. The Balaban J connectivity index is 1.12. The van der Waals surface area contributed by atoms with Crippen molar-refractivity contribution in [1.29, 1.82) is 0 Å². The van der Waals surface area contributed by atoms with E-state index in [1.54, 1.807) is 12.4 Å². The van der Waals surface area contributed by atoms with E-state index in [0.717, 1.165) is 38.0 Å². The van der Waals surface area contributed by atoms with Crippen LogP contribution in [0.2, 0.25) is 0 Å². The first-order valence-electron chi connectivity index (χ1n) is 11.4. The number of amidine groups is 1. The van der Waals surface area contributed by atoms with E-state index in [1.165, 1.54) is 63.2 Å². The topological polar surface area (TPSA) is 59.9 Å². The highest BCUT2D eigenvalue weighted by atomic mass is 32.2. The second-order valence-corrected chi connectivity index (χ2v) is 9.90. The molecule has 4 aliphatic heterocycles. The first-order valence-corrected chi connectivity index (χ1v) is 12.2. The van der Waals surface area contributed by atoms with Crippen molar-refractivity contribution >= 4 is 22.7 Å². The van der Waals surface area contributed by atoms with Crippen molar-refractivity contribution in [3.8, 4) is 0 Å². The van der Waals surface area contributed by atoms with Gasteiger partial charge in [-0.3, -0.25) is 10.4 Å². The molecule has 8 heteroatoms. The van der Waals surface area contributed by atoms with E-state index in [-0.39, 0.29) is 0 Å². The van der Waals surface area contributed by atoms with Crippen LogP contribution in [0.15, 0.2) is 23.7 Å². The van der Waals surface area contributed by atoms with Crippen molar-refractivity contribution in [2.45, 2.75) is 56.4 Å². The molecule has 5 rings (SSSR count). The molecule has 2 atom stereocenters. The Labute approximate surface area is 178 Å². The zero-order valence-electron chi connectivity index (χ0n) is 17.2. The highest BCUT2D eigenvalue weighted by Crippen LogP contribution is 2.33. The van der Waals surface area contributed by atoms with Gasteiger partial charge in [0.2, 0.25) is 0 Å². The molecular formula is C21H33N7S. The average Bonchev–Trinajstić information content (AvgIpc) is 3.31. The maximum Gasteiger partial charge on any atom is 0.185 e. The molecule has 158 valence electrons. The Morgan fingerprint density at radius 2 is 1.76 bits per heavy atom. The van der Waals surface area contributed by atoms with Crippen LogP contribution in [0.3, 0.4) is 0 Å². The number of hydrazone groups is 1. The molecule has 3 saturated heterocycles. The fourth-order valence-electron chi connectivity index (χ4n) is 5.26. The fraction of sp³-hybridized carbons (Fsp3) is 0.762. The lowest BCUT2D eigenvalue weighted by molar-refractivity contribution is 0.115. The Kier molecular flexibility index (Phi) is 6.08. The third-order valence-electron chi connectivity index (χ3n) is 6.92. The Bertz CT molecular complexity index is 686. The number of likely N-dealkylation sites (tertiary alicyclic amines) is 2. The molecule has 4 aliphatic rings. The Morgan fingerprint density at radius 3 is 2.55 bits per heavy atom. The lowest BCUT2D eigenvalue weighted by Crippen LogP contribution is -2.47. The monoisotopic (exact) mass is 415 g/mol. The minimum Gasteiger partial charge on any atom is -0.355 e. The van der Waals surface area contributed by atoms with E-state index in [0.29, 0.717) is 11.3 Å². The van der Waals surface area contributed by atoms with Crippen LogP contribution >= 0.6 is 11.8 Å². The molecule has 1 N–H and O–H groups in total. The summed E-state index contributed by atoms with van der Waals surface area (Å²) in [5.41, 5.74) is 3.46. The van der Waals surface area contributed by atoms with Crippen molar-refractivity contribution in [1.82, 2.24) is 25.2 Å². The predicted octanol–water partition coefficient (Wildman–Crippen LogP) is 2.58. The molecule has 0 aromatic carbocycles. The third kappa shape index (κ3) is 4.48. The van der Waals surface area contributed by atoms with Crippen LogP contribution in [0, 0.1) is 5.92 Å². The largest absolute Gasteiger partial charge is 0.355 e. The molecule has 0 amide bonds. The van der Waals surface area contributed by atoms with Gasteiger partial charge in [0.15, 0.2) is 5.17 Å². The summed E-state index contributed by atoms with van der Waals surface area (Å²) < 4.78 is 0. The van der Waals surface area contributed by atoms with Gasteiger partial charge in [0, 0.05) is 50.5 Å². The fourth-order valence-corrected chi connectivity index (χ4v) is 6.44. The standard InChI is InChI=1S/C21H33N7S/c1-2-10-26(11-3-1)18-6-13-27(14-7-18)21-25-24-20(29-21)17-5-4-12-28(16-17)19-15-22-8-9-23-19/h8-9,15,17-18,20,24H,1-7,10-14,16H2. The third-order valence-corrected chi connectivity index (χ3v) is 8.23. The van der Waals surface area contributed by atoms with Gasteiger partial charge in [-0.1, -0.05) is 18.2 Å². The van der Waals surface area contributed by atoms with Gasteiger partial charge in [0.05, 0.1) is 6.20 Å². The summed E-state index contributed by atoms with van der Waals surface area (Å²) in [6.07, 6.45) is 14.6. The molecular weight excluding hydrogens is 382 g/mol. The van der Waals surface area contributed by atoms with Crippen molar-refractivity contribution in [2.75, 3.05) is 44.2 Å². The maximum atomic E-state index is 4.75. The molecule has 0 saturated carbocycles. The van der Waals surface area contributed by atoms with Crippen LogP contribution in [0.25, 0.3) is 0 Å². The summed E-state index contributed by atoms with van der Waals surface area (Å²) in [5.74, 6) is 1.59. The van der Waals surface area contributed by atoms with Gasteiger partial charge in [-0.2, -0.15) is 5.10 Å². The number of piperidine rings is 3. The van der Waals surface area contributed by atoms with E-state index in [2.05, 4.69) is 30.1 Å². The number of anilines is 1. The molecule has 0 bridgehead atoms. The van der Waals surface area contributed by atoms with Crippen molar-refractivity contribution in [3.63, 3.8) is 0 Å². The van der Waals surface area contributed by atoms with E-state index in [1.807, 2.05) is 18.0 Å². The number of hydrogen-bond acceptors (Lipinski definition) is 8. The van der Waals surface area contributed by atoms with Crippen LogP contribution in [0.4, 0.5) is 5.82 Å². The van der Waals surface area contributed by atoms with Crippen LogP contribution in [0.1, 0.15) is 44.9 Å². The molecule has 0 radical (unpaired) electrons. The van der Waals surface area contributed by atoms with Gasteiger partial charge < -0.3 is 14.7 Å². The van der Waals surface area contributed by atoms with Crippen molar-refractivity contribution in [2.24, 2.45) is 11.0 Å². The van der Waals surface area contributed by atoms with Crippen LogP contribution in [0.5, 0.6) is 0 Å². The number of aromatic nitrogens is 2. The van der Waals surface area contributed by atoms with Gasteiger partial charge in [0.1, 0.15) is 11.2 Å². The van der Waals surface area contributed by atoms with Crippen molar-refractivity contribution in [3.05, 3.63) is 18.6 Å². The SMILES string of the molecule is c1cnc(N2CCCC(C3NN=C(N4CCC(N5CCCCC5)CC4)S3)C2)cn1. The van der Waals surface area contributed by atoms with E-state index < -0.39 is 0 Å². The highest BCUT2D eigenvalue weighted by Gasteiger charge is 2.35. The summed E-state index contributed by atoms with van der Waals surface area (Å²) in [7, 11) is 0. The quantitative estimate of drug-likeness (QED) is 0.814. The smallest absolute Gasteiger partial charge is 0.185 e. The summed E-state index contributed by atoms with van der Waals surface area (Å²) in [5, 5.41) is 6.34. The van der Waals surface area contributed by atoms with Gasteiger partial charge in [-0.05, 0) is 51.6 Å². The molecule has 1 aromatic heterocycles. The molecule has 1 aromatic rings. The molecule has 5 heterocycles. The van der Waals surface area contributed by atoms with Crippen molar-refractivity contribution < 1.29 is 0 Å². The van der Waals surface area contributed by atoms with Gasteiger partial charge in [0.25, 0.3) is 0 Å². The Morgan fingerprint density at radius 1 is 0.897 bits per heavy atom. The van der Waals surface area contributed by atoms with E-state index in [4.69, 9.17) is 5.10 Å². The molecule has 29 heavy (non-hydrogen) atoms. The number of rotatable bonds is 3.